The van der Waals surface area contributed by atoms with Gasteiger partial charge in [0.2, 0.25) is 0 Å². The summed E-state index contributed by atoms with van der Waals surface area (Å²) in [6.07, 6.45) is 6.03. The van der Waals surface area contributed by atoms with Crippen molar-refractivity contribution in [1.29, 1.82) is 0 Å². The normalized spacial score (nSPS) is 33.2. The summed E-state index contributed by atoms with van der Waals surface area (Å²) in [4.78, 5) is 12.2. The van der Waals surface area contributed by atoms with Crippen LogP contribution in [0.2, 0.25) is 0 Å². The molecule has 0 bridgehead atoms. The summed E-state index contributed by atoms with van der Waals surface area (Å²) in [6, 6.07) is 0. The van der Waals surface area contributed by atoms with Gasteiger partial charge in [-0.1, -0.05) is 15.9 Å². The van der Waals surface area contributed by atoms with E-state index in [2.05, 4.69) is 15.9 Å². The highest BCUT2D eigenvalue weighted by atomic mass is 79.9. The van der Waals surface area contributed by atoms with Crippen LogP contribution in [0.5, 0.6) is 0 Å². The fourth-order valence-electron chi connectivity index (χ4n) is 2.75. The molecule has 2 heterocycles. The number of allylic oxidation sites excluding steroid dienone is 4. The van der Waals surface area contributed by atoms with Crippen LogP contribution in [0.1, 0.15) is 32.1 Å². The van der Waals surface area contributed by atoms with E-state index in [4.69, 9.17) is 9.47 Å². The second-order valence-corrected chi connectivity index (χ2v) is 5.99. The van der Waals surface area contributed by atoms with Crippen molar-refractivity contribution in [2.75, 3.05) is 13.2 Å². The van der Waals surface area contributed by atoms with Crippen LogP contribution in [0.3, 0.4) is 0 Å². The molecule has 1 fully saturated rings. The fourth-order valence-corrected chi connectivity index (χ4v) is 3.18. The number of ether oxygens (including phenoxy) is 2. The SMILES string of the molecule is O=C1CC2(CCCOC2)OC2=C1C=C(Br)CC2. The fraction of sp³-hybridized carbons (Fsp3) is 0.615. The molecular weight excluding hydrogens is 284 g/mol. The predicted octanol–water partition coefficient (Wildman–Crippen LogP) is 2.85. The molecule has 1 unspecified atom stereocenters. The molecule has 0 radical (unpaired) electrons. The highest BCUT2D eigenvalue weighted by Crippen LogP contribution is 2.40. The van der Waals surface area contributed by atoms with Crippen LogP contribution in [0.15, 0.2) is 21.9 Å². The quantitative estimate of drug-likeness (QED) is 0.690. The molecule has 17 heavy (non-hydrogen) atoms. The van der Waals surface area contributed by atoms with Gasteiger partial charge < -0.3 is 9.47 Å². The zero-order valence-corrected chi connectivity index (χ0v) is 11.2. The van der Waals surface area contributed by atoms with Gasteiger partial charge in [0.25, 0.3) is 0 Å². The first-order valence-electron chi connectivity index (χ1n) is 6.08. The Hall–Kier alpha value is -0.610. The largest absolute Gasteiger partial charge is 0.488 e. The molecule has 1 spiro atoms. The van der Waals surface area contributed by atoms with Gasteiger partial charge >= 0.3 is 0 Å². The van der Waals surface area contributed by atoms with Gasteiger partial charge in [0.05, 0.1) is 18.6 Å². The number of ketones is 1. The second-order valence-electron chi connectivity index (χ2n) is 4.97. The average molecular weight is 299 g/mol. The van der Waals surface area contributed by atoms with Gasteiger partial charge in [0.1, 0.15) is 11.4 Å². The first-order chi connectivity index (χ1) is 8.19. The third kappa shape index (κ3) is 2.08. The van der Waals surface area contributed by atoms with Gasteiger partial charge in [-0.05, 0) is 29.8 Å². The van der Waals surface area contributed by atoms with Crippen LogP contribution in [-0.4, -0.2) is 24.6 Å². The molecule has 0 aromatic carbocycles. The van der Waals surface area contributed by atoms with Crippen molar-refractivity contribution in [3.63, 3.8) is 0 Å². The second kappa shape index (κ2) is 4.25. The number of carbonyl (C=O) groups excluding carboxylic acids is 1. The van der Waals surface area contributed by atoms with Crippen molar-refractivity contribution < 1.29 is 14.3 Å². The first-order valence-corrected chi connectivity index (χ1v) is 6.87. The van der Waals surface area contributed by atoms with Crippen molar-refractivity contribution >= 4 is 21.7 Å². The van der Waals surface area contributed by atoms with Crippen LogP contribution < -0.4 is 0 Å². The van der Waals surface area contributed by atoms with E-state index in [1.807, 2.05) is 6.08 Å². The van der Waals surface area contributed by atoms with Gasteiger partial charge in [-0.15, -0.1) is 0 Å². The van der Waals surface area contributed by atoms with Gasteiger partial charge in [-0.25, -0.2) is 0 Å². The van der Waals surface area contributed by atoms with Crippen LogP contribution in [0.4, 0.5) is 0 Å². The molecule has 0 amide bonds. The number of hydrogen-bond acceptors (Lipinski definition) is 3. The number of hydrogen-bond donors (Lipinski definition) is 0. The lowest BCUT2D eigenvalue weighted by atomic mass is 9.84. The van der Waals surface area contributed by atoms with Crippen LogP contribution in [0, 0.1) is 0 Å². The summed E-state index contributed by atoms with van der Waals surface area (Å²) < 4.78 is 12.7. The molecule has 0 N–H and O–H groups in total. The van der Waals surface area contributed by atoms with Gasteiger partial charge in [0.15, 0.2) is 5.78 Å². The number of rotatable bonds is 0. The summed E-state index contributed by atoms with van der Waals surface area (Å²) in [5, 5.41) is 0. The topological polar surface area (TPSA) is 35.5 Å². The zero-order chi connectivity index (χ0) is 11.9. The van der Waals surface area contributed by atoms with Crippen molar-refractivity contribution in [2.24, 2.45) is 0 Å². The van der Waals surface area contributed by atoms with E-state index in [0.29, 0.717) is 13.0 Å². The molecule has 1 aliphatic carbocycles. The van der Waals surface area contributed by atoms with E-state index in [1.165, 1.54) is 0 Å². The van der Waals surface area contributed by atoms with Crippen molar-refractivity contribution in [1.82, 2.24) is 0 Å². The van der Waals surface area contributed by atoms with Crippen molar-refractivity contribution in [3.8, 4) is 0 Å². The number of carbonyl (C=O) groups is 1. The van der Waals surface area contributed by atoms with Gasteiger partial charge in [-0.3, -0.25) is 4.79 Å². The highest BCUT2D eigenvalue weighted by Gasteiger charge is 2.43. The maximum Gasteiger partial charge on any atom is 0.170 e. The zero-order valence-electron chi connectivity index (χ0n) is 9.63. The summed E-state index contributed by atoms with van der Waals surface area (Å²) in [6.45, 7) is 1.34. The summed E-state index contributed by atoms with van der Waals surface area (Å²) in [5.41, 5.74) is 0.394. The number of halogens is 1. The van der Waals surface area contributed by atoms with Crippen LogP contribution >= 0.6 is 15.9 Å². The Morgan fingerprint density at radius 3 is 3.00 bits per heavy atom. The minimum atomic E-state index is -0.369. The maximum absolute atomic E-state index is 12.2. The van der Waals surface area contributed by atoms with Crippen molar-refractivity contribution in [3.05, 3.63) is 21.9 Å². The van der Waals surface area contributed by atoms with Crippen LogP contribution in [0.25, 0.3) is 0 Å². The minimum absolute atomic E-state index is 0.202. The van der Waals surface area contributed by atoms with Gasteiger partial charge in [0, 0.05) is 13.0 Å². The van der Waals surface area contributed by atoms with E-state index in [0.717, 1.165) is 48.1 Å². The average Bonchev–Trinajstić information content (AvgIpc) is 2.31. The molecule has 4 heteroatoms. The molecule has 2 aliphatic heterocycles. The standard InChI is InChI=1S/C13H15BrO3/c14-9-2-3-12-10(6-9)11(15)7-13(17-12)4-1-5-16-8-13/h6H,1-5,7-8H2. The van der Waals surface area contributed by atoms with E-state index in [1.54, 1.807) is 0 Å². The molecule has 3 nitrogen and oxygen atoms in total. The Morgan fingerprint density at radius 2 is 2.24 bits per heavy atom. The summed E-state index contributed by atoms with van der Waals surface area (Å²) in [5.74, 6) is 1.07. The Bertz CT molecular complexity index is 416. The Labute approximate surface area is 109 Å². The molecular formula is C13H15BrO3. The highest BCUT2D eigenvalue weighted by molar-refractivity contribution is 9.11. The first kappa shape index (κ1) is 11.5. The molecule has 3 aliphatic rings. The molecule has 0 saturated carbocycles. The van der Waals surface area contributed by atoms with E-state index >= 15 is 0 Å². The Kier molecular flexibility index (Phi) is 2.87. The lowest BCUT2D eigenvalue weighted by Crippen LogP contribution is -2.46. The minimum Gasteiger partial charge on any atom is -0.488 e. The van der Waals surface area contributed by atoms with Crippen LogP contribution in [-0.2, 0) is 14.3 Å². The van der Waals surface area contributed by atoms with E-state index in [-0.39, 0.29) is 11.4 Å². The molecule has 92 valence electrons. The summed E-state index contributed by atoms with van der Waals surface area (Å²) >= 11 is 3.46. The smallest absolute Gasteiger partial charge is 0.170 e. The third-order valence-corrected chi connectivity index (χ3v) is 4.23. The Morgan fingerprint density at radius 1 is 1.35 bits per heavy atom. The van der Waals surface area contributed by atoms with E-state index < -0.39 is 0 Å². The maximum atomic E-state index is 12.2. The lowest BCUT2D eigenvalue weighted by Gasteiger charge is -2.41. The Balaban J connectivity index is 1.91. The molecule has 1 saturated heterocycles. The summed E-state index contributed by atoms with van der Waals surface area (Å²) in [7, 11) is 0. The number of Topliss-reactive ketones (excluding diaryl/α,β-unsaturated/α-hetero) is 1. The van der Waals surface area contributed by atoms with Gasteiger partial charge in [-0.2, -0.15) is 0 Å². The lowest BCUT2D eigenvalue weighted by molar-refractivity contribution is -0.141. The molecule has 3 rings (SSSR count). The molecule has 0 aromatic heterocycles. The predicted molar refractivity (Wildman–Crippen MR) is 66.8 cm³/mol. The third-order valence-electron chi connectivity index (χ3n) is 3.60. The molecule has 1 atom stereocenters. The van der Waals surface area contributed by atoms with Crippen molar-refractivity contribution in [2.45, 2.75) is 37.7 Å². The monoisotopic (exact) mass is 298 g/mol. The molecule has 0 aromatic rings. The van der Waals surface area contributed by atoms with E-state index in [9.17, 15) is 4.79 Å².